The summed E-state index contributed by atoms with van der Waals surface area (Å²) in [5, 5.41) is 1.09. The molecule has 0 atom stereocenters. The van der Waals surface area contributed by atoms with Gasteiger partial charge < -0.3 is 4.90 Å². The molecule has 3 heteroatoms. The van der Waals surface area contributed by atoms with Gasteiger partial charge in [-0.15, -0.1) is 0 Å². The second kappa shape index (κ2) is 4.65. The van der Waals surface area contributed by atoms with Gasteiger partial charge in [-0.25, -0.2) is 4.98 Å². The highest BCUT2D eigenvalue weighted by Gasteiger charge is 2.18. The molecule has 1 aliphatic heterocycles. The van der Waals surface area contributed by atoms with E-state index in [1.165, 1.54) is 24.0 Å². The zero-order chi connectivity index (χ0) is 13.4. The average molecular weight is 254 g/mol. The van der Waals surface area contributed by atoms with Crippen molar-refractivity contribution in [3.8, 4) is 0 Å². The number of aldehydes is 1. The highest BCUT2D eigenvalue weighted by Crippen LogP contribution is 2.28. The number of pyridine rings is 1. The number of carbonyl (C=O) groups is 1. The molecule has 0 saturated carbocycles. The number of anilines is 1. The van der Waals surface area contributed by atoms with Crippen LogP contribution in [0.15, 0.2) is 18.2 Å². The van der Waals surface area contributed by atoms with E-state index in [2.05, 4.69) is 30.9 Å². The van der Waals surface area contributed by atoms with Crippen molar-refractivity contribution in [3.63, 3.8) is 0 Å². The Balaban J connectivity index is 2.26. The fourth-order valence-corrected chi connectivity index (χ4v) is 2.81. The van der Waals surface area contributed by atoms with Crippen LogP contribution < -0.4 is 4.90 Å². The van der Waals surface area contributed by atoms with Gasteiger partial charge in [0.05, 0.1) is 11.1 Å². The van der Waals surface area contributed by atoms with Crippen molar-refractivity contribution < 1.29 is 4.79 Å². The minimum Gasteiger partial charge on any atom is -0.356 e. The van der Waals surface area contributed by atoms with Gasteiger partial charge in [-0.2, -0.15) is 0 Å². The van der Waals surface area contributed by atoms with Crippen LogP contribution in [0, 0.1) is 13.8 Å². The SMILES string of the molecule is Cc1ccc(C)c2nc(N3CCCC3)c(C=O)cc12. The maximum absolute atomic E-state index is 11.4. The van der Waals surface area contributed by atoms with Gasteiger partial charge in [0.2, 0.25) is 0 Å². The minimum absolute atomic E-state index is 0.711. The molecule has 0 bridgehead atoms. The van der Waals surface area contributed by atoms with Gasteiger partial charge >= 0.3 is 0 Å². The van der Waals surface area contributed by atoms with Crippen molar-refractivity contribution >= 4 is 23.0 Å². The van der Waals surface area contributed by atoms with Gasteiger partial charge in [-0.1, -0.05) is 12.1 Å². The summed E-state index contributed by atoms with van der Waals surface area (Å²) in [6, 6.07) is 6.17. The Kier molecular flexibility index (Phi) is 2.97. The molecular formula is C16H18N2O. The van der Waals surface area contributed by atoms with Crippen LogP contribution in [0.3, 0.4) is 0 Å². The van der Waals surface area contributed by atoms with E-state index in [-0.39, 0.29) is 0 Å². The van der Waals surface area contributed by atoms with E-state index in [1.54, 1.807) is 0 Å². The number of carbonyl (C=O) groups excluding carboxylic acids is 1. The summed E-state index contributed by atoms with van der Waals surface area (Å²) < 4.78 is 0. The van der Waals surface area contributed by atoms with Gasteiger partial charge in [0.25, 0.3) is 0 Å². The van der Waals surface area contributed by atoms with E-state index in [9.17, 15) is 4.79 Å². The molecule has 19 heavy (non-hydrogen) atoms. The molecule has 0 amide bonds. The van der Waals surface area contributed by atoms with Crippen LogP contribution in [0.5, 0.6) is 0 Å². The van der Waals surface area contributed by atoms with E-state index in [0.717, 1.165) is 36.1 Å². The molecule has 1 aromatic heterocycles. The molecule has 0 aliphatic carbocycles. The lowest BCUT2D eigenvalue weighted by molar-refractivity contribution is 0.112. The molecule has 1 fully saturated rings. The number of aromatic nitrogens is 1. The Hall–Kier alpha value is -1.90. The zero-order valence-electron chi connectivity index (χ0n) is 11.4. The quantitative estimate of drug-likeness (QED) is 0.771. The van der Waals surface area contributed by atoms with E-state index >= 15 is 0 Å². The Morgan fingerprint density at radius 1 is 1.16 bits per heavy atom. The van der Waals surface area contributed by atoms with Gasteiger partial charge in [0, 0.05) is 18.5 Å². The number of hydrogen-bond donors (Lipinski definition) is 0. The standard InChI is InChI=1S/C16H18N2O/c1-11-5-6-12(2)15-14(11)9-13(10-19)16(17-15)18-7-3-4-8-18/h5-6,9-10H,3-4,7-8H2,1-2H3. The van der Waals surface area contributed by atoms with Crippen molar-refractivity contribution in [1.29, 1.82) is 0 Å². The lowest BCUT2D eigenvalue weighted by Gasteiger charge is -2.19. The van der Waals surface area contributed by atoms with Gasteiger partial charge in [0.15, 0.2) is 6.29 Å². The molecule has 0 unspecified atom stereocenters. The molecular weight excluding hydrogens is 236 g/mol. The Labute approximate surface area is 113 Å². The third-order valence-corrected chi connectivity index (χ3v) is 3.95. The Bertz CT molecular complexity index is 643. The summed E-state index contributed by atoms with van der Waals surface area (Å²) >= 11 is 0. The number of rotatable bonds is 2. The van der Waals surface area contributed by atoms with Crippen molar-refractivity contribution in [2.75, 3.05) is 18.0 Å². The number of hydrogen-bond acceptors (Lipinski definition) is 3. The lowest BCUT2D eigenvalue weighted by Crippen LogP contribution is -2.20. The zero-order valence-corrected chi connectivity index (χ0v) is 11.4. The molecule has 2 heterocycles. The van der Waals surface area contributed by atoms with E-state index in [4.69, 9.17) is 4.98 Å². The molecule has 0 spiro atoms. The van der Waals surface area contributed by atoms with E-state index in [1.807, 2.05) is 6.07 Å². The van der Waals surface area contributed by atoms with E-state index < -0.39 is 0 Å². The summed E-state index contributed by atoms with van der Waals surface area (Å²) in [6.45, 7) is 6.14. The topological polar surface area (TPSA) is 33.2 Å². The van der Waals surface area contributed by atoms with Crippen molar-refractivity contribution in [1.82, 2.24) is 4.98 Å². The first-order valence-corrected chi connectivity index (χ1v) is 6.82. The lowest BCUT2D eigenvalue weighted by atomic mass is 10.0. The summed E-state index contributed by atoms with van der Waals surface area (Å²) in [5.41, 5.74) is 4.07. The van der Waals surface area contributed by atoms with Crippen LogP contribution in [-0.4, -0.2) is 24.4 Å². The minimum atomic E-state index is 0.711. The smallest absolute Gasteiger partial charge is 0.153 e. The van der Waals surface area contributed by atoms with Crippen molar-refractivity contribution in [3.05, 3.63) is 34.9 Å². The normalized spacial score (nSPS) is 15.2. The van der Waals surface area contributed by atoms with Crippen LogP contribution in [0.25, 0.3) is 10.9 Å². The monoisotopic (exact) mass is 254 g/mol. The molecule has 98 valence electrons. The van der Waals surface area contributed by atoms with Gasteiger partial charge in [0.1, 0.15) is 5.82 Å². The molecule has 3 rings (SSSR count). The van der Waals surface area contributed by atoms with E-state index in [0.29, 0.717) is 5.56 Å². The van der Waals surface area contributed by atoms with Crippen LogP contribution in [-0.2, 0) is 0 Å². The van der Waals surface area contributed by atoms with Crippen LogP contribution in [0.4, 0.5) is 5.82 Å². The first kappa shape index (κ1) is 12.2. The number of aryl methyl sites for hydroxylation is 2. The number of nitrogens with zero attached hydrogens (tertiary/aromatic N) is 2. The molecule has 1 saturated heterocycles. The Morgan fingerprint density at radius 2 is 1.84 bits per heavy atom. The molecule has 3 nitrogen and oxygen atoms in total. The molecule has 1 aliphatic rings. The van der Waals surface area contributed by atoms with Gasteiger partial charge in [-0.3, -0.25) is 4.79 Å². The third kappa shape index (κ3) is 1.99. The first-order chi connectivity index (χ1) is 9.20. The Morgan fingerprint density at radius 3 is 2.53 bits per heavy atom. The van der Waals surface area contributed by atoms with Crippen LogP contribution in [0.2, 0.25) is 0 Å². The fourth-order valence-electron chi connectivity index (χ4n) is 2.81. The van der Waals surface area contributed by atoms with Crippen molar-refractivity contribution in [2.24, 2.45) is 0 Å². The second-order valence-corrected chi connectivity index (χ2v) is 5.31. The van der Waals surface area contributed by atoms with Gasteiger partial charge in [-0.05, 0) is 43.9 Å². The first-order valence-electron chi connectivity index (χ1n) is 6.82. The largest absolute Gasteiger partial charge is 0.356 e. The molecule has 0 radical (unpaired) electrons. The number of fused-ring (bicyclic) bond motifs is 1. The summed E-state index contributed by atoms with van der Waals surface area (Å²) in [4.78, 5) is 18.4. The highest BCUT2D eigenvalue weighted by atomic mass is 16.1. The van der Waals surface area contributed by atoms with Crippen molar-refractivity contribution in [2.45, 2.75) is 26.7 Å². The second-order valence-electron chi connectivity index (χ2n) is 5.31. The fraction of sp³-hybridized carbons (Fsp3) is 0.375. The third-order valence-electron chi connectivity index (χ3n) is 3.95. The van der Waals surface area contributed by atoms with Crippen LogP contribution in [0.1, 0.15) is 34.3 Å². The summed E-state index contributed by atoms with van der Waals surface area (Å²) in [5.74, 6) is 0.855. The predicted molar refractivity (Wildman–Crippen MR) is 78.1 cm³/mol. The maximum Gasteiger partial charge on any atom is 0.153 e. The number of benzene rings is 1. The summed E-state index contributed by atoms with van der Waals surface area (Å²) in [6.07, 6.45) is 3.30. The molecule has 1 aromatic carbocycles. The maximum atomic E-state index is 11.4. The summed E-state index contributed by atoms with van der Waals surface area (Å²) in [7, 11) is 0. The highest BCUT2D eigenvalue weighted by molar-refractivity contribution is 5.94. The molecule has 0 N–H and O–H groups in total. The van der Waals surface area contributed by atoms with Crippen LogP contribution >= 0.6 is 0 Å². The molecule has 2 aromatic rings. The average Bonchev–Trinajstić information content (AvgIpc) is 2.95. The predicted octanol–water partition coefficient (Wildman–Crippen LogP) is 3.26.